The lowest BCUT2D eigenvalue weighted by molar-refractivity contribution is 0.0869. The Bertz CT molecular complexity index is 355. The molecule has 2 rings (SSSR count). The van der Waals surface area contributed by atoms with E-state index in [0.29, 0.717) is 17.0 Å². The average molecular weight is 256 g/mol. The van der Waals surface area contributed by atoms with Crippen molar-refractivity contribution in [2.45, 2.75) is 26.3 Å². The SMILES string of the molecule is CC(C)C[C@@H]1COCCN1c1ncc(Cl)cn1. The molecule has 0 unspecified atom stereocenters. The van der Waals surface area contributed by atoms with Crippen LogP contribution in [0.1, 0.15) is 20.3 Å². The van der Waals surface area contributed by atoms with Crippen molar-refractivity contribution in [1.82, 2.24) is 9.97 Å². The normalized spacial score (nSPS) is 20.9. The number of hydrogen-bond acceptors (Lipinski definition) is 4. The minimum Gasteiger partial charge on any atom is -0.377 e. The molecule has 0 saturated carbocycles. The molecule has 1 aromatic heterocycles. The lowest BCUT2D eigenvalue weighted by Gasteiger charge is -2.36. The Morgan fingerprint density at radius 2 is 2.18 bits per heavy atom. The van der Waals surface area contributed by atoms with Gasteiger partial charge >= 0.3 is 0 Å². The van der Waals surface area contributed by atoms with Crippen molar-refractivity contribution in [3.8, 4) is 0 Å². The summed E-state index contributed by atoms with van der Waals surface area (Å²) in [4.78, 5) is 10.8. The highest BCUT2D eigenvalue weighted by Gasteiger charge is 2.25. The van der Waals surface area contributed by atoms with Crippen LogP contribution in [0, 0.1) is 5.92 Å². The number of anilines is 1. The third kappa shape index (κ3) is 3.30. The molecule has 1 fully saturated rings. The van der Waals surface area contributed by atoms with Crippen LogP contribution in [0.25, 0.3) is 0 Å². The molecular weight excluding hydrogens is 238 g/mol. The predicted molar refractivity (Wildman–Crippen MR) is 68.5 cm³/mol. The van der Waals surface area contributed by atoms with Gasteiger partial charge in [-0.05, 0) is 12.3 Å². The van der Waals surface area contributed by atoms with E-state index in [1.807, 2.05) is 0 Å². The lowest BCUT2D eigenvalue weighted by atomic mass is 10.0. The molecule has 0 bridgehead atoms. The zero-order chi connectivity index (χ0) is 12.3. The van der Waals surface area contributed by atoms with Crippen molar-refractivity contribution in [2.24, 2.45) is 5.92 Å². The second-order valence-corrected chi connectivity index (χ2v) is 5.19. The summed E-state index contributed by atoms with van der Waals surface area (Å²) in [5.41, 5.74) is 0. The maximum Gasteiger partial charge on any atom is 0.225 e. The Hall–Kier alpha value is -0.870. The molecule has 1 saturated heterocycles. The summed E-state index contributed by atoms with van der Waals surface area (Å²) in [5, 5.41) is 0.572. The Kier molecular flexibility index (Phi) is 4.18. The Morgan fingerprint density at radius 1 is 1.47 bits per heavy atom. The third-order valence-corrected chi connectivity index (χ3v) is 3.03. The van der Waals surface area contributed by atoms with Crippen LogP contribution in [-0.4, -0.2) is 35.8 Å². The molecule has 1 aromatic rings. The average Bonchev–Trinajstić information content (AvgIpc) is 2.30. The number of hydrogen-bond donors (Lipinski definition) is 0. The zero-order valence-electron chi connectivity index (χ0n) is 10.3. The molecule has 1 atom stereocenters. The molecule has 4 nitrogen and oxygen atoms in total. The van der Waals surface area contributed by atoms with Gasteiger partial charge in [-0.1, -0.05) is 25.4 Å². The molecule has 0 spiro atoms. The van der Waals surface area contributed by atoms with Crippen molar-refractivity contribution < 1.29 is 4.74 Å². The van der Waals surface area contributed by atoms with E-state index in [-0.39, 0.29) is 0 Å². The van der Waals surface area contributed by atoms with E-state index in [2.05, 4.69) is 28.7 Å². The van der Waals surface area contributed by atoms with Gasteiger partial charge in [0.05, 0.1) is 36.7 Å². The van der Waals surface area contributed by atoms with E-state index in [9.17, 15) is 0 Å². The van der Waals surface area contributed by atoms with Crippen molar-refractivity contribution in [3.05, 3.63) is 17.4 Å². The zero-order valence-corrected chi connectivity index (χ0v) is 11.0. The van der Waals surface area contributed by atoms with Crippen molar-refractivity contribution in [2.75, 3.05) is 24.7 Å². The van der Waals surface area contributed by atoms with E-state index in [1.54, 1.807) is 12.4 Å². The summed E-state index contributed by atoms with van der Waals surface area (Å²) in [7, 11) is 0. The second kappa shape index (κ2) is 5.65. The molecule has 0 amide bonds. The van der Waals surface area contributed by atoms with Crippen LogP contribution in [0.3, 0.4) is 0 Å². The predicted octanol–water partition coefficient (Wildman–Crippen LogP) is 2.38. The first-order valence-corrected chi connectivity index (χ1v) is 6.36. The van der Waals surface area contributed by atoms with Gasteiger partial charge in [-0.3, -0.25) is 0 Å². The molecule has 0 aliphatic carbocycles. The van der Waals surface area contributed by atoms with Gasteiger partial charge in [0.2, 0.25) is 5.95 Å². The summed E-state index contributed by atoms with van der Waals surface area (Å²) in [6.45, 7) is 6.77. The fourth-order valence-corrected chi connectivity index (χ4v) is 2.21. The highest BCUT2D eigenvalue weighted by molar-refractivity contribution is 6.30. The van der Waals surface area contributed by atoms with Crippen molar-refractivity contribution >= 4 is 17.5 Å². The Labute approximate surface area is 107 Å². The number of aromatic nitrogens is 2. The van der Waals surface area contributed by atoms with Crippen LogP contribution >= 0.6 is 11.6 Å². The molecule has 5 heteroatoms. The van der Waals surface area contributed by atoms with Gasteiger partial charge in [0.15, 0.2) is 0 Å². The van der Waals surface area contributed by atoms with E-state index in [4.69, 9.17) is 16.3 Å². The fourth-order valence-electron chi connectivity index (χ4n) is 2.11. The van der Waals surface area contributed by atoms with Gasteiger partial charge < -0.3 is 9.64 Å². The summed E-state index contributed by atoms with van der Waals surface area (Å²) >= 11 is 5.80. The molecule has 0 aromatic carbocycles. The Balaban J connectivity index is 2.12. The van der Waals surface area contributed by atoms with Crippen molar-refractivity contribution in [3.63, 3.8) is 0 Å². The number of rotatable bonds is 3. The van der Waals surface area contributed by atoms with Gasteiger partial charge in [-0.15, -0.1) is 0 Å². The summed E-state index contributed by atoms with van der Waals surface area (Å²) in [5.74, 6) is 1.39. The maximum absolute atomic E-state index is 5.80. The summed E-state index contributed by atoms with van der Waals surface area (Å²) in [6.07, 6.45) is 4.38. The first kappa shape index (κ1) is 12.6. The largest absolute Gasteiger partial charge is 0.377 e. The standard InChI is InChI=1S/C12H18ClN3O/c1-9(2)5-11-8-17-4-3-16(11)12-14-6-10(13)7-15-12/h6-7,9,11H,3-5,8H2,1-2H3/t11-/m1/s1. The summed E-state index contributed by atoms with van der Waals surface area (Å²) < 4.78 is 5.54. The molecule has 0 N–H and O–H groups in total. The molecule has 0 radical (unpaired) electrons. The Morgan fingerprint density at radius 3 is 2.82 bits per heavy atom. The van der Waals surface area contributed by atoms with E-state index < -0.39 is 0 Å². The number of morpholine rings is 1. The second-order valence-electron chi connectivity index (χ2n) is 4.75. The maximum atomic E-state index is 5.80. The van der Waals surface area contributed by atoms with Gasteiger partial charge in [0.25, 0.3) is 0 Å². The minimum absolute atomic E-state index is 0.366. The van der Waals surface area contributed by atoms with Crippen LogP contribution in [0.2, 0.25) is 5.02 Å². The molecule has 17 heavy (non-hydrogen) atoms. The quantitative estimate of drug-likeness (QED) is 0.831. The molecule has 1 aliphatic heterocycles. The van der Waals surface area contributed by atoms with E-state index in [0.717, 1.165) is 32.1 Å². The number of ether oxygens (including phenoxy) is 1. The third-order valence-electron chi connectivity index (χ3n) is 2.83. The smallest absolute Gasteiger partial charge is 0.225 e. The first-order valence-electron chi connectivity index (χ1n) is 5.98. The number of halogens is 1. The van der Waals surface area contributed by atoms with Gasteiger partial charge in [-0.25, -0.2) is 9.97 Å². The monoisotopic (exact) mass is 255 g/mol. The number of nitrogens with zero attached hydrogens (tertiary/aromatic N) is 3. The molecule has 94 valence electrons. The van der Waals surface area contributed by atoms with Gasteiger partial charge in [-0.2, -0.15) is 0 Å². The molecular formula is C12H18ClN3O. The fraction of sp³-hybridized carbons (Fsp3) is 0.667. The highest BCUT2D eigenvalue weighted by atomic mass is 35.5. The topological polar surface area (TPSA) is 38.2 Å². The molecule has 1 aliphatic rings. The van der Waals surface area contributed by atoms with Crippen LogP contribution in [0.5, 0.6) is 0 Å². The van der Waals surface area contributed by atoms with E-state index in [1.165, 1.54) is 0 Å². The van der Waals surface area contributed by atoms with Crippen LogP contribution in [0.15, 0.2) is 12.4 Å². The van der Waals surface area contributed by atoms with E-state index >= 15 is 0 Å². The van der Waals surface area contributed by atoms with Crippen LogP contribution in [0.4, 0.5) is 5.95 Å². The molecule has 2 heterocycles. The summed E-state index contributed by atoms with van der Waals surface area (Å²) in [6, 6.07) is 0.366. The lowest BCUT2D eigenvalue weighted by Crippen LogP contribution is -2.47. The first-order chi connectivity index (χ1) is 8.16. The van der Waals surface area contributed by atoms with Gasteiger partial charge in [0.1, 0.15) is 0 Å². The van der Waals surface area contributed by atoms with Gasteiger partial charge in [0, 0.05) is 6.54 Å². The minimum atomic E-state index is 0.366. The van der Waals surface area contributed by atoms with Crippen LogP contribution < -0.4 is 4.90 Å². The van der Waals surface area contributed by atoms with Crippen LogP contribution in [-0.2, 0) is 4.74 Å². The highest BCUT2D eigenvalue weighted by Crippen LogP contribution is 2.20. The van der Waals surface area contributed by atoms with Crippen molar-refractivity contribution in [1.29, 1.82) is 0 Å².